The van der Waals surface area contributed by atoms with Gasteiger partial charge in [0.15, 0.2) is 5.84 Å². The molecule has 0 spiro atoms. The first kappa shape index (κ1) is 7.17. The summed E-state index contributed by atoms with van der Waals surface area (Å²) in [4.78, 5) is 3.84. The zero-order valence-electron chi connectivity index (χ0n) is 4.72. The Morgan fingerprint density at radius 1 is 1.60 bits per heavy atom. The molecule has 1 aliphatic heterocycles. The highest BCUT2D eigenvalue weighted by molar-refractivity contribution is 5.80. The average molecular weight is 152 g/mol. The Labute approximate surface area is 54.6 Å². The maximum absolute atomic E-state index is 11.6. The molecular formula is C4H3F3N2O. The summed E-state index contributed by atoms with van der Waals surface area (Å²) in [6.45, 7) is 0. The van der Waals surface area contributed by atoms with Crippen molar-refractivity contribution in [1.82, 2.24) is 5.73 Å². The van der Waals surface area contributed by atoms with Crippen molar-refractivity contribution in [2.24, 2.45) is 5.16 Å². The third kappa shape index (κ3) is 1.31. The predicted molar refractivity (Wildman–Crippen MR) is 25.1 cm³/mol. The molecule has 1 atom stereocenters. The van der Waals surface area contributed by atoms with Gasteiger partial charge in [-0.3, -0.25) is 0 Å². The fourth-order valence-electron chi connectivity index (χ4n) is 0.540. The number of hydrogen-bond acceptors (Lipinski definition) is 2. The first-order valence-electron chi connectivity index (χ1n) is 2.48. The van der Waals surface area contributed by atoms with Gasteiger partial charge in [0.05, 0.1) is 6.42 Å². The van der Waals surface area contributed by atoms with Crippen LogP contribution in [0.3, 0.4) is 0 Å². The molecule has 10 heavy (non-hydrogen) atoms. The summed E-state index contributed by atoms with van der Waals surface area (Å²) in [5, 5.41) is 2.74. The maximum Gasteiger partial charge on any atom is 0.428 e. The lowest BCUT2D eigenvalue weighted by atomic mass is 10.2. The number of alkyl halides is 3. The van der Waals surface area contributed by atoms with Gasteiger partial charge >= 0.3 is 6.18 Å². The third-order valence-electron chi connectivity index (χ3n) is 1.02. The van der Waals surface area contributed by atoms with Crippen LogP contribution in [-0.4, -0.2) is 18.1 Å². The van der Waals surface area contributed by atoms with Crippen molar-refractivity contribution in [2.45, 2.75) is 18.7 Å². The molecule has 0 saturated carbocycles. The summed E-state index contributed by atoms with van der Waals surface area (Å²) < 4.78 is 34.9. The van der Waals surface area contributed by atoms with E-state index in [-0.39, 0.29) is 0 Å². The van der Waals surface area contributed by atoms with Crippen LogP contribution in [0.5, 0.6) is 0 Å². The van der Waals surface area contributed by atoms with Crippen molar-refractivity contribution < 1.29 is 18.0 Å². The molecule has 3 nitrogen and oxygen atoms in total. The van der Waals surface area contributed by atoms with Gasteiger partial charge in [-0.25, -0.2) is 0 Å². The Morgan fingerprint density at radius 3 is 2.40 bits per heavy atom. The van der Waals surface area contributed by atoms with Gasteiger partial charge in [0.1, 0.15) is 0 Å². The Hall–Kier alpha value is -0.940. The topological polar surface area (TPSA) is 43.9 Å². The van der Waals surface area contributed by atoms with E-state index < -0.39 is 24.5 Å². The summed E-state index contributed by atoms with van der Waals surface area (Å²) in [5.74, 6) is -0.609. The van der Waals surface area contributed by atoms with Crippen molar-refractivity contribution >= 4 is 5.84 Å². The quantitative estimate of drug-likeness (QED) is 0.504. The Morgan fingerprint density at radius 2 is 2.20 bits per heavy atom. The minimum Gasteiger partial charge on any atom is -0.381 e. The van der Waals surface area contributed by atoms with E-state index in [0.29, 0.717) is 0 Å². The van der Waals surface area contributed by atoms with Crippen molar-refractivity contribution in [3.63, 3.8) is 0 Å². The SMILES string of the molecule is [N]C1=NOC(C(F)(F)F)C1. The molecule has 1 unspecified atom stereocenters. The average Bonchev–Trinajstić information content (AvgIpc) is 2.11. The van der Waals surface area contributed by atoms with Gasteiger partial charge in [-0.2, -0.15) is 13.2 Å². The van der Waals surface area contributed by atoms with E-state index in [1.165, 1.54) is 0 Å². The molecule has 0 aromatic carbocycles. The van der Waals surface area contributed by atoms with Crippen LogP contribution in [0.25, 0.3) is 0 Å². The summed E-state index contributed by atoms with van der Waals surface area (Å²) in [5.41, 5.74) is 8.39. The first-order chi connectivity index (χ1) is 4.50. The first-order valence-corrected chi connectivity index (χ1v) is 2.48. The highest BCUT2D eigenvalue weighted by Crippen LogP contribution is 2.28. The number of rotatable bonds is 0. The summed E-state index contributed by atoms with van der Waals surface area (Å²) in [6.07, 6.45) is -6.98. The van der Waals surface area contributed by atoms with Crippen LogP contribution in [0.1, 0.15) is 6.42 Å². The molecule has 0 bridgehead atoms. The molecule has 6 heteroatoms. The summed E-state index contributed by atoms with van der Waals surface area (Å²) in [7, 11) is 0. The Balaban J connectivity index is 2.50. The second kappa shape index (κ2) is 2.03. The summed E-state index contributed by atoms with van der Waals surface area (Å²) >= 11 is 0. The van der Waals surface area contributed by atoms with Gasteiger partial charge in [0, 0.05) is 0 Å². The molecule has 56 valence electrons. The predicted octanol–water partition coefficient (Wildman–Crippen LogP) is 0.720. The molecule has 0 amide bonds. The molecule has 0 aliphatic carbocycles. The molecule has 1 aliphatic rings. The number of hydrogen-bond donors (Lipinski definition) is 0. The van der Waals surface area contributed by atoms with E-state index in [9.17, 15) is 13.2 Å². The van der Waals surface area contributed by atoms with Crippen molar-refractivity contribution in [1.29, 1.82) is 0 Å². The van der Waals surface area contributed by atoms with E-state index in [4.69, 9.17) is 5.73 Å². The maximum atomic E-state index is 11.6. The highest BCUT2D eigenvalue weighted by Gasteiger charge is 2.45. The molecule has 1 heterocycles. The van der Waals surface area contributed by atoms with Crippen molar-refractivity contribution in [3.05, 3.63) is 0 Å². The minimum absolute atomic E-state index is 0.580. The largest absolute Gasteiger partial charge is 0.428 e. The van der Waals surface area contributed by atoms with Gasteiger partial charge < -0.3 is 4.84 Å². The minimum atomic E-state index is -4.44. The Kier molecular flexibility index (Phi) is 1.46. The molecule has 2 radical (unpaired) electrons. The van der Waals surface area contributed by atoms with E-state index in [0.717, 1.165) is 0 Å². The van der Waals surface area contributed by atoms with Crippen LogP contribution in [-0.2, 0) is 4.84 Å². The zero-order valence-corrected chi connectivity index (χ0v) is 4.72. The monoisotopic (exact) mass is 152 g/mol. The lowest BCUT2D eigenvalue weighted by Gasteiger charge is -2.10. The molecule has 0 N–H and O–H groups in total. The van der Waals surface area contributed by atoms with Crippen LogP contribution in [0.15, 0.2) is 5.16 Å². The number of amidine groups is 1. The fourth-order valence-corrected chi connectivity index (χ4v) is 0.540. The molecule has 0 aromatic heterocycles. The third-order valence-corrected chi connectivity index (χ3v) is 1.02. The second-order valence-electron chi connectivity index (χ2n) is 1.85. The number of nitrogens with zero attached hydrogens (tertiary/aromatic N) is 2. The summed E-state index contributed by atoms with van der Waals surface area (Å²) in [6, 6.07) is 0. The van der Waals surface area contributed by atoms with Gasteiger partial charge in [-0.1, -0.05) is 5.16 Å². The molecule has 1 rings (SSSR count). The van der Waals surface area contributed by atoms with E-state index >= 15 is 0 Å². The molecule has 0 saturated heterocycles. The van der Waals surface area contributed by atoms with Crippen LogP contribution >= 0.6 is 0 Å². The smallest absolute Gasteiger partial charge is 0.381 e. The van der Waals surface area contributed by atoms with Crippen LogP contribution in [0, 0.1) is 0 Å². The number of halogens is 3. The van der Waals surface area contributed by atoms with E-state index in [2.05, 4.69) is 9.99 Å². The van der Waals surface area contributed by atoms with Gasteiger partial charge in [-0.15, -0.1) is 5.73 Å². The van der Waals surface area contributed by atoms with Gasteiger partial charge in [0.25, 0.3) is 0 Å². The van der Waals surface area contributed by atoms with E-state index in [1.54, 1.807) is 0 Å². The molecular weight excluding hydrogens is 149 g/mol. The van der Waals surface area contributed by atoms with Crippen molar-refractivity contribution in [3.8, 4) is 0 Å². The standard InChI is InChI=1S/C4H3F3N2O/c5-4(6,7)2-1-3(8)9-10-2/h2H,1H2. The second-order valence-corrected chi connectivity index (χ2v) is 1.85. The highest BCUT2D eigenvalue weighted by atomic mass is 19.4. The lowest BCUT2D eigenvalue weighted by Crippen LogP contribution is -2.28. The van der Waals surface area contributed by atoms with Gasteiger partial charge in [-0.05, 0) is 0 Å². The van der Waals surface area contributed by atoms with Gasteiger partial charge in [0.2, 0.25) is 6.10 Å². The van der Waals surface area contributed by atoms with Crippen molar-refractivity contribution in [2.75, 3.05) is 0 Å². The zero-order chi connectivity index (χ0) is 7.78. The normalized spacial score (nSPS) is 25.9. The Bertz CT molecular complexity index is 164. The van der Waals surface area contributed by atoms with Crippen LogP contribution < -0.4 is 5.73 Å². The van der Waals surface area contributed by atoms with Crippen LogP contribution in [0.4, 0.5) is 13.2 Å². The number of oxime groups is 1. The lowest BCUT2D eigenvalue weighted by molar-refractivity contribution is -0.212. The molecule has 0 aromatic rings. The molecule has 0 fully saturated rings. The van der Waals surface area contributed by atoms with Crippen LogP contribution in [0.2, 0.25) is 0 Å². The van der Waals surface area contributed by atoms with E-state index in [1.807, 2.05) is 0 Å². The fraction of sp³-hybridized carbons (Fsp3) is 0.750.